The zero-order valence-electron chi connectivity index (χ0n) is 17.1. The van der Waals surface area contributed by atoms with Crippen LogP contribution in [0.2, 0.25) is 5.02 Å². The molecule has 1 N–H and O–H groups in total. The maximum atomic E-state index is 14.3. The highest BCUT2D eigenvalue weighted by molar-refractivity contribution is 6.30. The number of urea groups is 1. The Hall–Kier alpha value is -2.93. The molecule has 2 aromatic rings. The van der Waals surface area contributed by atoms with Gasteiger partial charge in [-0.05, 0) is 37.6 Å². The number of likely N-dealkylation sites (N-methyl/N-ethyl adjacent to an activating group) is 1. The molecule has 0 unspecified atom stereocenters. The highest BCUT2D eigenvalue weighted by Gasteiger charge is 2.34. The highest BCUT2D eigenvalue weighted by Crippen LogP contribution is 2.34. The summed E-state index contributed by atoms with van der Waals surface area (Å²) in [5, 5.41) is 9.10. The van der Waals surface area contributed by atoms with E-state index in [4.69, 9.17) is 11.6 Å². The second-order valence-corrected chi connectivity index (χ2v) is 7.93. The second kappa shape index (κ2) is 9.26. The molecule has 0 radical (unpaired) electrons. The van der Waals surface area contributed by atoms with Gasteiger partial charge in [-0.2, -0.15) is 5.10 Å². The zero-order valence-corrected chi connectivity index (χ0v) is 17.9. The van der Waals surface area contributed by atoms with Gasteiger partial charge in [-0.15, -0.1) is 0 Å². The van der Waals surface area contributed by atoms with Gasteiger partial charge in [-0.25, -0.2) is 14.2 Å². The van der Waals surface area contributed by atoms with Crippen molar-refractivity contribution < 1.29 is 14.0 Å². The number of benzene rings is 2. The van der Waals surface area contributed by atoms with Gasteiger partial charge in [-0.3, -0.25) is 4.79 Å². The maximum Gasteiger partial charge on any atom is 0.317 e. The van der Waals surface area contributed by atoms with E-state index in [2.05, 4.69) is 10.4 Å². The average molecular weight is 431 g/mol. The van der Waals surface area contributed by atoms with Crippen LogP contribution in [-0.4, -0.2) is 47.2 Å². The second-order valence-electron chi connectivity index (χ2n) is 7.50. The molecule has 0 fully saturated rings. The smallest absolute Gasteiger partial charge is 0.317 e. The number of hydrogen-bond donors (Lipinski definition) is 1. The Kier molecular flexibility index (Phi) is 6.72. The number of carbonyl (C=O) groups is 2. The number of rotatable bonds is 5. The molecule has 2 aromatic carbocycles. The number of amides is 3. The van der Waals surface area contributed by atoms with Crippen LogP contribution in [0.15, 0.2) is 53.6 Å². The first-order chi connectivity index (χ1) is 14.3. The van der Waals surface area contributed by atoms with Crippen molar-refractivity contribution in [3.63, 3.8) is 0 Å². The summed E-state index contributed by atoms with van der Waals surface area (Å²) in [5.41, 5.74) is 1.67. The predicted octanol–water partition coefficient (Wildman–Crippen LogP) is 4.21. The Labute approximate surface area is 180 Å². The van der Waals surface area contributed by atoms with Crippen molar-refractivity contribution in [2.45, 2.75) is 32.4 Å². The van der Waals surface area contributed by atoms with E-state index in [-0.39, 0.29) is 24.5 Å². The van der Waals surface area contributed by atoms with Crippen LogP contribution in [0.4, 0.5) is 9.18 Å². The van der Waals surface area contributed by atoms with E-state index in [1.165, 1.54) is 16.0 Å². The maximum absolute atomic E-state index is 14.3. The van der Waals surface area contributed by atoms with Gasteiger partial charge in [0.25, 0.3) is 5.91 Å². The van der Waals surface area contributed by atoms with Crippen LogP contribution in [0.5, 0.6) is 0 Å². The van der Waals surface area contributed by atoms with Crippen molar-refractivity contribution in [3.8, 4) is 0 Å². The molecule has 1 heterocycles. The molecule has 1 aliphatic heterocycles. The molecule has 3 rings (SSSR count). The molecule has 3 amide bonds. The summed E-state index contributed by atoms with van der Waals surface area (Å²) in [6.45, 7) is 3.53. The van der Waals surface area contributed by atoms with Crippen molar-refractivity contribution in [1.82, 2.24) is 15.2 Å². The summed E-state index contributed by atoms with van der Waals surface area (Å²) in [6.07, 6.45) is 0.357. The zero-order chi connectivity index (χ0) is 21.8. The minimum absolute atomic E-state index is 0.0469. The van der Waals surface area contributed by atoms with E-state index in [9.17, 15) is 14.0 Å². The molecule has 0 saturated carbocycles. The summed E-state index contributed by atoms with van der Waals surface area (Å²) < 4.78 is 14.3. The van der Waals surface area contributed by atoms with Crippen LogP contribution < -0.4 is 5.32 Å². The Balaban J connectivity index is 1.87. The number of nitrogens with one attached hydrogen (secondary N) is 1. The lowest BCUT2D eigenvalue weighted by Gasteiger charge is -2.25. The van der Waals surface area contributed by atoms with E-state index in [0.717, 1.165) is 5.56 Å². The van der Waals surface area contributed by atoms with Crippen LogP contribution in [0.25, 0.3) is 0 Å². The normalized spacial score (nSPS) is 15.9. The number of nitrogens with zero attached hydrogens (tertiary/aromatic N) is 3. The molecule has 30 heavy (non-hydrogen) atoms. The molecule has 1 atom stereocenters. The molecule has 0 saturated heterocycles. The van der Waals surface area contributed by atoms with Crippen LogP contribution in [0.3, 0.4) is 0 Å². The van der Waals surface area contributed by atoms with Gasteiger partial charge in [0, 0.05) is 30.1 Å². The summed E-state index contributed by atoms with van der Waals surface area (Å²) in [7, 11) is 1.55. The molecular weight excluding hydrogens is 407 g/mol. The third kappa shape index (κ3) is 4.97. The first-order valence-electron chi connectivity index (χ1n) is 9.67. The molecule has 0 spiro atoms. The number of halogens is 2. The molecule has 0 aromatic heterocycles. The van der Waals surface area contributed by atoms with Crippen LogP contribution in [0, 0.1) is 5.82 Å². The van der Waals surface area contributed by atoms with Crippen molar-refractivity contribution in [2.24, 2.45) is 5.10 Å². The molecule has 1 aliphatic rings. The van der Waals surface area contributed by atoms with Gasteiger partial charge in [-0.1, -0.05) is 41.9 Å². The van der Waals surface area contributed by atoms with E-state index < -0.39 is 11.9 Å². The fourth-order valence-electron chi connectivity index (χ4n) is 3.25. The lowest BCUT2D eigenvalue weighted by molar-refractivity contribution is -0.133. The van der Waals surface area contributed by atoms with E-state index >= 15 is 0 Å². The number of carbonyl (C=O) groups excluding carboxylic acids is 2. The molecular formula is C22H24ClFN4O2. The third-order valence-electron chi connectivity index (χ3n) is 4.74. The summed E-state index contributed by atoms with van der Waals surface area (Å²) >= 11 is 6.00. The Morgan fingerprint density at radius 1 is 1.23 bits per heavy atom. The third-order valence-corrected chi connectivity index (χ3v) is 4.99. The van der Waals surface area contributed by atoms with Gasteiger partial charge in [0.1, 0.15) is 12.4 Å². The standard InChI is InChI=1S/C22H24ClFN4O2/c1-14(2)25-22(30)27(3)13-21(29)28-20(15-8-10-16(23)11-9-15)12-19(26-28)17-6-4-5-7-18(17)24/h4-11,14,20H,12-13H2,1-3H3,(H,25,30)/t20-/m1/s1. The number of hydrazone groups is 1. The van der Waals surface area contributed by atoms with Crippen molar-refractivity contribution >= 4 is 29.3 Å². The molecule has 6 nitrogen and oxygen atoms in total. The van der Waals surface area contributed by atoms with Gasteiger partial charge in [0.15, 0.2) is 0 Å². The highest BCUT2D eigenvalue weighted by atomic mass is 35.5. The summed E-state index contributed by atoms with van der Waals surface area (Å²) in [4.78, 5) is 26.5. The SMILES string of the molecule is CC(C)NC(=O)N(C)CC(=O)N1N=C(c2ccccc2F)C[C@@H]1c1ccc(Cl)cc1. The molecule has 158 valence electrons. The lowest BCUT2D eigenvalue weighted by Crippen LogP contribution is -2.45. The fraction of sp³-hybridized carbons (Fsp3) is 0.318. The first kappa shape index (κ1) is 21.8. The Morgan fingerprint density at radius 2 is 1.90 bits per heavy atom. The van der Waals surface area contributed by atoms with Crippen LogP contribution >= 0.6 is 11.6 Å². The van der Waals surface area contributed by atoms with E-state index in [1.807, 2.05) is 26.0 Å². The monoisotopic (exact) mass is 430 g/mol. The van der Waals surface area contributed by atoms with Crippen LogP contribution in [0.1, 0.15) is 37.4 Å². The summed E-state index contributed by atoms with van der Waals surface area (Å²) in [5.74, 6) is -0.753. The van der Waals surface area contributed by atoms with Gasteiger partial charge in [0.2, 0.25) is 0 Å². The lowest BCUT2D eigenvalue weighted by atomic mass is 9.98. The minimum Gasteiger partial charge on any atom is -0.336 e. The first-order valence-corrected chi connectivity index (χ1v) is 10.1. The van der Waals surface area contributed by atoms with Gasteiger partial charge in [0.05, 0.1) is 11.8 Å². The van der Waals surface area contributed by atoms with Crippen LogP contribution in [-0.2, 0) is 4.79 Å². The Bertz CT molecular complexity index is 962. The van der Waals surface area contributed by atoms with Crippen molar-refractivity contribution in [2.75, 3.05) is 13.6 Å². The topological polar surface area (TPSA) is 65.0 Å². The Morgan fingerprint density at radius 3 is 2.53 bits per heavy atom. The van der Waals surface area contributed by atoms with Crippen molar-refractivity contribution in [3.05, 3.63) is 70.5 Å². The molecule has 0 bridgehead atoms. The predicted molar refractivity (Wildman–Crippen MR) is 115 cm³/mol. The summed E-state index contributed by atoms with van der Waals surface area (Å²) in [6, 6.07) is 12.7. The molecule has 8 heteroatoms. The van der Waals surface area contributed by atoms with E-state index in [0.29, 0.717) is 22.7 Å². The van der Waals surface area contributed by atoms with Crippen molar-refractivity contribution in [1.29, 1.82) is 0 Å². The molecule has 0 aliphatic carbocycles. The quantitative estimate of drug-likeness (QED) is 0.772. The minimum atomic E-state index is -0.411. The number of hydrogen-bond acceptors (Lipinski definition) is 3. The van der Waals surface area contributed by atoms with Gasteiger partial charge < -0.3 is 10.2 Å². The average Bonchev–Trinajstić information content (AvgIpc) is 3.13. The van der Waals surface area contributed by atoms with E-state index in [1.54, 1.807) is 37.4 Å². The van der Waals surface area contributed by atoms with Gasteiger partial charge >= 0.3 is 6.03 Å². The fourth-order valence-corrected chi connectivity index (χ4v) is 3.37. The largest absolute Gasteiger partial charge is 0.336 e.